The van der Waals surface area contributed by atoms with Crippen LogP contribution in [0.2, 0.25) is 0 Å². The molecule has 0 radical (unpaired) electrons. The van der Waals surface area contributed by atoms with Gasteiger partial charge in [-0.15, -0.1) is 0 Å². The Kier molecular flexibility index (Phi) is 2.46. The van der Waals surface area contributed by atoms with E-state index in [9.17, 15) is 8.42 Å². The summed E-state index contributed by atoms with van der Waals surface area (Å²) >= 11 is 0. The number of rotatable bonds is 2. The first-order valence-electron chi connectivity index (χ1n) is 5.15. The Hall–Kier alpha value is -1.03. The van der Waals surface area contributed by atoms with Crippen LogP contribution < -0.4 is 4.31 Å². The van der Waals surface area contributed by atoms with Crippen LogP contribution in [-0.2, 0) is 16.4 Å². The summed E-state index contributed by atoms with van der Waals surface area (Å²) in [6.07, 6.45) is 0.835. The molecule has 1 aliphatic heterocycles. The second-order valence-corrected chi connectivity index (χ2v) is 5.98. The molecule has 0 unspecified atom stereocenters. The first-order chi connectivity index (χ1) is 7.06. The predicted octanol–water partition coefficient (Wildman–Crippen LogP) is 1.71. The van der Waals surface area contributed by atoms with E-state index in [1.165, 1.54) is 15.4 Å². The second-order valence-electron chi connectivity index (χ2n) is 3.80. The van der Waals surface area contributed by atoms with Crippen molar-refractivity contribution in [1.82, 2.24) is 0 Å². The fraction of sp³-hybridized carbons (Fsp3) is 0.455. The van der Waals surface area contributed by atoms with Gasteiger partial charge in [0.05, 0.1) is 11.4 Å². The highest BCUT2D eigenvalue weighted by molar-refractivity contribution is 7.92. The topological polar surface area (TPSA) is 37.4 Å². The monoisotopic (exact) mass is 225 g/mol. The van der Waals surface area contributed by atoms with Crippen molar-refractivity contribution in [3.8, 4) is 0 Å². The lowest BCUT2D eigenvalue weighted by Crippen LogP contribution is -2.30. The van der Waals surface area contributed by atoms with E-state index in [2.05, 4.69) is 0 Å². The lowest BCUT2D eigenvalue weighted by atomic mass is 10.1. The largest absolute Gasteiger partial charge is 0.270 e. The minimum atomic E-state index is -3.09. The van der Waals surface area contributed by atoms with Crippen LogP contribution >= 0.6 is 0 Å². The molecule has 3 nitrogen and oxygen atoms in total. The molecular formula is C11H15NO2S. The maximum absolute atomic E-state index is 11.8. The summed E-state index contributed by atoms with van der Waals surface area (Å²) in [6, 6.07) is 5.83. The van der Waals surface area contributed by atoms with Gasteiger partial charge in [0.1, 0.15) is 0 Å². The Bertz CT molecular complexity index is 479. The van der Waals surface area contributed by atoms with E-state index >= 15 is 0 Å². The van der Waals surface area contributed by atoms with Gasteiger partial charge in [0.25, 0.3) is 0 Å². The minimum Gasteiger partial charge on any atom is -0.270 e. The zero-order chi connectivity index (χ0) is 11.1. The number of hydrogen-bond donors (Lipinski definition) is 0. The van der Waals surface area contributed by atoms with Gasteiger partial charge in [0.2, 0.25) is 10.0 Å². The lowest BCUT2D eigenvalue weighted by Gasteiger charge is -2.18. The molecular weight excluding hydrogens is 210 g/mol. The molecule has 0 spiro atoms. The van der Waals surface area contributed by atoms with Crippen LogP contribution in [-0.4, -0.2) is 20.7 Å². The van der Waals surface area contributed by atoms with Crippen LogP contribution in [0.4, 0.5) is 5.69 Å². The van der Waals surface area contributed by atoms with Crippen LogP contribution in [0, 0.1) is 6.92 Å². The molecule has 0 amide bonds. The third kappa shape index (κ3) is 1.63. The van der Waals surface area contributed by atoms with Crippen molar-refractivity contribution in [2.24, 2.45) is 0 Å². The van der Waals surface area contributed by atoms with Gasteiger partial charge in [0, 0.05) is 6.54 Å². The summed E-state index contributed by atoms with van der Waals surface area (Å²) < 4.78 is 25.1. The number of aryl methyl sites for hydroxylation is 1. The molecule has 2 rings (SSSR count). The Morgan fingerprint density at radius 3 is 2.80 bits per heavy atom. The van der Waals surface area contributed by atoms with Crippen LogP contribution in [0.25, 0.3) is 0 Å². The van der Waals surface area contributed by atoms with Crippen molar-refractivity contribution >= 4 is 15.7 Å². The fourth-order valence-electron chi connectivity index (χ4n) is 2.02. The first-order valence-corrected chi connectivity index (χ1v) is 6.76. The van der Waals surface area contributed by atoms with Crippen LogP contribution in [0.15, 0.2) is 18.2 Å². The van der Waals surface area contributed by atoms with Gasteiger partial charge in [-0.3, -0.25) is 4.31 Å². The number of hydrogen-bond acceptors (Lipinski definition) is 2. The Morgan fingerprint density at radius 1 is 1.40 bits per heavy atom. The standard InChI is InChI=1S/C11H15NO2S/c1-3-15(13,14)12-8-7-10-9(2)5-4-6-11(10)12/h4-6H,3,7-8H2,1-2H3. The molecule has 0 bridgehead atoms. The Labute approximate surface area is 90.8 Å². The summed E-state index contributed by atoms with van der Waals surface area (Å²) in [5, 5.41) is 0. The molecule has 4 heteroatoms. The quantitative estimate of drug-likeness (QED) is 0.768. The van der Waals surface area contributed by atoms with Gasteiger partial charge < -0.3 is 0 Å². The van der Waals surface area contributed by atoms with Crippen molar-refractivity contribution in [3.63, 3.8) is 0 Å². The average molecular weight is 225 g/mol. The molecule has 0 fully saturated rings. The molecule has 1 aromatic carbocycles. The summed E-state index contributed by atoms with van der Waals surface area (Å²) in [5.41, 5.74) is 3.23. The fourth-order valence-corrected chi connectivity index (χ4v) is 3.18. The number of sulfonamides is 1. The molecule has 0 saturated carbocycles. The summed E-state index contributed by atoms with van der Waals surface area (Å²) in [4.78, 5) is 0. The van der Waals surface area contributed by atoms with E-state index in [1.807, 2.05) is 25.1 Å². The van der Waals surface area contributed by atoms with Gasteiger partial charge in [-0.25, -0.2) is 8.42 Å². The molecule has 0 aliphatic carbocycles. The molecule has 0 saturated heterocycles. The van der Waals surface area contributed by atoms with Gasteiger partial charge in [-0.1, -0.05) is 12.1 Å². The summed E-state index contributed by atoms with van der Waals surface area (Å²) in [6.45, 7) is 4.31. The van der Waals surface area contributed by atoms with E-state index in [1.54, 1.807) is 6.92 Å². The lowest BCUT2D eigenvalue weighted by molar-refractivity contribution is 0.593. The van der Waals surface area contributed by atoms with Crippen LogP contribution in [0.5, 0.6) is 0 Å². The minimum absolute atomic E-state index is 0.167. The highest BCUT2D eigenvalue weighted by Crippen LogP contribution is 2.32. The number of anilines is 1. The molecule has 15 heavy (non-hydrogen) atoms. The van der Waals surface area contributed by atoms with E-state index < -0.39 is 10.0 Å². The Morgan fingerprint density at radius 2 is 2.13 bits per heavy atom. The second kappa shape index (κ2) is 3.52. The average Bonchev–Trinajstić information content (AvgIpc) is 2.63. The highest BCUT2D eigenvalue weighted by Gasteiger charge is 2.28. The summed E-state index contributed by atoms with van der Waals surface area (Å²) in [7, 11) is -3.09. The first kappa shape index (κ1) is 10.5. The third-order valence-corrected chi connectivity index (χ3v) is 4.70. The van der Waals surface area contributed by atoms with Crippen molar-refractivity contribution < 1.29 is 8.42 Å². The van der Waals surface area contributed by atoms with Crippen molar-refractivity contribution in [3.05, 3.63) is 29.3 Å². The van der Waals surface area contributed by atoms with Crippen LogP contribution in [0.1, 0.15) is 18.1 Å². The molecule has 1 heterocycles. The van der Waals surface area contributed by atoms with Crippen molar-refractivity contribution in [1.29, 1.82) is 0 Å². The van der Waals surface area contributed by atoms with E-state index in [4.69, 9.17) is 0 Å². The molecule has 0 atom stereocenters. The molecule has 0 aromatic heterocycles. The normalized spacial score (nSPS) is 15.5. The van der Waals surface area contributed by atoms with Gasteiger partial charge in [-0.05, 0) is 37.5 Å². The smallest absolute Gasteiger partial charge is 0.234 e. The molecule has 82 valence electrons. The zero-order valence-electron chi connectivity index (χ0n) is 9.03. The zero-order valence-corrected chi connectivity index (χ0v) is 9.84. The molecule has 1 aliphatic rings. The van der Waals surface area contributed by atoms with Gasteiger partial charge in [-0.2, -0.15) is 0 Å². The van der Waals surface area contributed by atoms with Crippen molar-refractivity contribution in [2.45, 2.75) is 20.3 Å². The highest BCUT2D eigenvalue weighted by atomic mass is 32.2. The maximum Gasteiger partial charge on any atom is 0.234 e. The van der Waals surface area contributed by atoms with Crippen molar-refractivity contribution in [2.75, 3.05) is 16.6 Å². The van der Waals surface area contributed by atoms with Gasteiger partial charge in [0.15, 0.2) is 0 Å². The summed E-state index contributed by atoms with van der Waals surface area (Å²) in [5.74, 6) is 0.167. The number of nitrogens with zero attached hydrogens (tertiary/aromatic N) is 1. The number of benzene rings is 1. The van der Waals surface area contributed by atoms with E-state index in [0.29, 0.717) is 6.54 Å². The predicted molar refractivity (Wildman–Crippen MR) is 61.7 cm³/mol. The van der Waals surface area contributed by atoms with Gasteiger partial charge >= 0.3 is 0 Å². The number of fused-ring (bicyclic) bond motifs is 1. The third-order valence-electron chi connectivity index (χ3n) is 2.92. The Balaban J connectivity index is 2.51. The van der Waals surface area contributed by atoms with E-state index in [0.717, 1.165) is 12.1 Å². The van der Waals surface area contributed by atoms with E-state index in [-0.39, 0.29) is 5.75 Å². The SMILES string of the molecule is CCS(=O)(=O)N1CCc2c(C)cccc21. The van der Waals surface area contributed by atoms with Crippen LogP contribution in [0.3, 0.4) is 0 Å². The maximum atomic E-state index is 11.8. The molecule has 1 aromatic rings. The molecule has 0 N–H and O–H groups in total.